The third-order valence-corrected chi connectivity index (χ3v) is 5.32. The topological polar surface area (TPSA) is 111 Å². The van der Waals surface area contributed by atoms with Gasteiger partial charge in [0.05, 0.1) is 24.0 Å². The zero-order valence-corrected chi connectivity index (χ0v) is 15.7. The molecule has 7 nitrogen and oxygen atoms in total. The van der Waals surface area contributed by atoms with Crippen molar-refractivity contribution < 1.29 is 19.0 Å². The van der Waals surface area contributed by atoms with E-state index in [0.29, 0.717) is 4.70 Å². The summed E-state index contributed by atoms with van der Waals surface area (Å²) in [4.78, 5) is 22.4. The van der Waals surface area contributed by atoms with Crippen LogP contribution in [0.2, 0.25) is 0 Å². The predicted molar refractivity (Wildman–Crippen MR) is 101 cm³/mol. The van der Waals surface area contributed by atoms with Crippen molar-refractivity contribution in [2.45, 2.75) is 17.7 Å². The maximum absolute atomic E-state index is 14.1. The summed E-state index contributed by atoms with van der Waals surface area (Å²) in [6.07, 6.45) is 0. The Morgan fingerprint density at radius 2 is 2.04 bits per heavy atom. The first-order valence-electron chi connectivity index (χ1n) is 7.80. The van der Waals surface area contributed by atoms with Crippen LogP contribution in [-0.4, -0.2) is 43.9 Å². The Kier molecular flexibility index (Phi) is 5.47. The van der Waals surface area contributed by atoms with E-state index in [0.717, 1.165) is 17.4 Å². The van der Waals surface area contributed by atoms with Gasteiger partial charge in [-0.15, -0.1) is 0 Å². The maximum Gasteiger partial charge on any atom is 0.306 e. The lowest BCUT2D eigenvalue weighted by molar-refractivity contribution is 0.147. The van der Waals surface area contributed by atoms with Gasteiger partial charge in [0.2, 0.25) is 0 Å². The summed E-state index contributed by atoms with van der Waals surface area (Å²) in [6.45, 7) is 0.736. The Hall–Kier alpha value is -2.08. The number of aliphatic hydroxyl groups excluding tert-OH is 2. The first kappa shape index (κ1) is 19.7. The number of benzene rings is 1. The number of aromatic nitrogens is 3. The lowest BCUT2D eigenvalue weighted by Crippen LogP contribution is -2.42. The molecule has 0 aliphatic carbocycles. The van der Waals surface area contributed by atoms with Gasteiger partial charge in [0.15, 0.2) is 23.1 Å². The Bertz CT molecular complexity index is 1040. The molecule has 4 N–H and O–H groups in total. The average Bonchev–Trinajstić information content (AvgIpc) is 3.03. The predicted octanol–water partition coefficient (Wildman–Crippen LogP) is 1.83. The van der Waals surface area contributed by atoms with Gasteiger partial charge in [-0.25, -0.2) is 18.7 Å². The molecular weight excluding hydrogens is 398 g/mol. The summed E-state index contributed by atoms with van der Waals surface area (Å²) in [5.74, 6) is -1.90. The Morgan fingerprint density at radius 3 is 2.70 bits per heavy atom. The molecule has 3 rings (SSSR count). The van der Waals surface area contributed by atoms with Crippen LogP contribution in [0.15, 0.2) is 23.0 Å². The fraction of sp³-hybridized carbons (Fsp3) is 0.312. The van der Waals surface area contributed by atoms with E-state index in [1.54, 1.807) is 6.92 Å². The molecule has 0 amide bonds. The van der Waals surface area contributed by atoms with Gasteiger partial charge in [0, 0.05) is 5.56 Å². The zero-order valence-electron chi connectivity index (χ0n) is 14.0. The van der Waals surface area contributed by atoms with Gasteiger partial charge in [-0.3, -0.25) is 9.78 Å². The van der Waals surface area contributed by atoms with Crippen LogP contribution in [0.25, 0.3) is 10.3 Å². The number of rotatable bonds is 6. The highest BCUT2D eigenvalue weighted by Crippen LogP contribution is 2.32. The van der Waals surface area contributed by atoms with E-state index in [9.17, 15) is 23.8 Å². The standard InChI is InChI=1S/C16H16F2N4O3S2/c1-16(5-23,6-24)22-14-11-13(21-15(25)27-11)19-12(20-14)10(26)7-3-2-4-8(17)9(7)18/h2-4,10,23-24,26H,5-6H2,1H3,(H2,19,20,21,22,25). The van der Waals surface area contributed by atoms with Gasteiger partial charge in [-0.1, -0.05) is 23.5 Å². The number of thiazole rings is 1. The number of fused-ring (bicyclic) bond motifs is 1. The molecule has 3 aromatic rings. The van der Waals surface area contributed by atoms with Crippen molar-refractivity contribution in [3.63, 3.8) is 0 Å². The lowest BCUT2D eigenvalue weighted by atomic mass is 10.1. The minimum atomic E-state index is -1.12. The second kappa shape index (κ2) is 7.50. The molecule has 0 spiro atoms. The molecule has 0 saturated carbocycles. The van der Waals surface area contributed by atoms with Gasteiger partial charge in [-0.2, -0.15) is 12.6 Å². The van der Waals surface area contributed by atoms with Crippen molar-refractivity contribution in [3.8, 4) is 0 Å². The first-order valence-corrected chi connectivity index (χ1v) is 9.14. The van der Waals surface area contributed by atoms with Gasteiger partial charge < -0.3 is 15.5 Å². The van der Waals surface area contributed by atoms with E-state index >= 15 is 0 Å². The van der Waals surface area contributed by atoms with E-state index in [2.05, 4.69) is 32.9 Å². The van der Waals surface area contributed by atoms with E-state index in [-0.39, 0.29) is 27.7 Å². The van der Waals surface area contributed by atoms with Gasteiger partial charge >= 0.3 is 4.87 Å². The van der Waals surface area contributed by atoms with Gasteiger partial charge in [0.25, 0.3) is 0 Å². The van der Waals surface area contributed by atoms with Crippen LogP contribution in [0.5, 0.6) is 0 Å². The van der Waals surface area contributed by atoms with Crippen molar-refractivity contribution in [1.29, 1.82) is 0 Å². The minimum Gasteiger partial charge on any atom is -0.394 e. The minimum absolute atomic E-state index is 0.0186. The number of anilines is 1. The van der Waals surface area contributed by atoms with Crippen LogP contribution in [0.1, 0.15) is 23.6 Å². The summed E-state index contributed by atoms with van der Waals surface area (Å²) in [6, 6.07) is 3.69. The lowest BCUT2D eigenvalue weighted by Gasteiger charge is -2.27. The third kappa shape index (κ3) is 3.81. The van der Waals surface area contributed by atoms with Gasteiger partial charge in [-0.05, 0) is 13.0 Å². The summed E-state index contributed by atoms with van der Waals surface area (Å²) >= 11 is 5.16. The number of nitrogens with one attached hydrogen (secondary N) is 2. The molecule has 0 aliphatic heterocycles. The number of nitrogens with zero attached hydrogens (tertiary/aromatic N) is 2. The van der Waals surface area contributed by atoms with Crippen molar-refractivity contribution in [2.75, 3.05) is 18.5 Å². The highest BCUT2D eigenvalue weighted by molar-refractivity contribution is 7.80. The van der Waals surface area contributed by atoms with Crippen LogP contribution in [0.3, 0.4) is 0 Å². The summed E-state index contributed by atoms with van der Waals surface area (Å²) < 4.78 is 28.0. The molecule has 0 fully saturated rings. The van der Waals surface area contributed by atoms with E-state index in [4.69, 9.17) is 0 Å². The molecule has 1 atom stereocenters. The highest BCUT2D eigenvalue weighted by Gasteiger charge is 2.27. The summed E-state index contributed by atoms with van der Waals surface area (Å²) in [7, 11) is 0. The molecule has 2 heterocycles. The SMILES string of the molecule is CC(CO)(CO)Nc1nc(C(S)c2cccc(F)c2F)nc2[nH]c(=O)sc12. The largest absolute Gasteiger partial charge is 0.394 e. The number of hydrogen-bond acceptors (Lipinski definition) is 8. The fourth-order valence-electron chi connectivity index (χ4n) is 2.36. The molecule has 0 saturated heterocycles. The van der Waals surface area contributed by atoms with Crippen LogP contribution >= 0.6 is 24.0 Å². The normalized spacial score (nSPS) is 13.1. The average molecular weight is 414 g/mol. The van der Waals surface area contributed by atoms with Crippen molar-refractivity contribution in [1.82, 2.24) is 15.0 Å². The van der Waals surface area contributed by atoms with Gasteiger partial charge in [0.1, 0.15) is 10.5 Å². The summed E-state index contributed by atoms with van der Waals surface area (Å²) in [5.41, 5.74) is -0.998. The van der Waals surface area contributed by atoms with E-state index in [1.165, 1.54) is 12.1 Å². The van der Waals surface area contributed by atoms with Crippen LogP contribution in [0.4, 0.5) is 14.6 Å². The number of H-pyrrole nitrogens is 1. The number of aliphatic hydroxyl groups is 2. The second-order valence-electron chi connectivity index (χ2n) is 6.17. The molecule has 0 bridgehead atoms. The van der Waals surface area contributed by atoms with Crippen molar-refractivity contribution in [3.05, 3.63) is 50.9 Å². The zero-order chi connectivity index (χ0) is 19.8. The molecule has 11 heteroatoms. The molecular formula is C16H16F2N4O3S2. The molecule has 0 radical (unpaired) electrons. The molecule has 144 valence electrons. The third-order valence-electron chi connectivity index (χ3n) is 3.94. The van der Waals surface area contributed by atoms with Crippen LogP contribution in [-0.2, 0) is 0 Å². The number of thiol groups is 1. The van der Waals surface area contributed by atoms with Crippen molar-refractivity contribution >= 4 is 40.1 Å². The Labute approximate surface area is 161 Å². The maximum atomic E-state index is 14.1. The molecule has 1 aromatic carbocycles. The van der Waals surface area contributed by atoms with E-state index < -0.39 is 35.6 Å². The summed E-state index contributed by atoms with van der Waals surface area (Å²) in [5, 5.41) is 20.9. The van der Waals surface area contributed by atoms with Crippen LogP contribution in [0, 0.1) is 11.6 Å². The molecule has 0 aliphatic rings. The monoisotopic (exact) mass is 414 g/mol. The Balaban J connectivity index is 2.14. The smallest absolute Gasteiger partial charge is 0.306 e. The first-order chi connectivity index (χ1) is 12.8. The number of aromatic amines is 1. The highest BCUT2D eigenvalue weighted by atomic mass is 32.1. The molecule has 27 heavy (non-hydrogen) atoms. The van der Waals surface area contributed by atoms with E-state index in [1.807, 2.05) is 0 Å². The Morgan fingerprint density at radius 1 is 1.33 bits per heavy atom. The number of hydrogen-bond donors (Lipinski definition) is 5. The fourth-order valence-corrected chi connectivity index (χ4v) is 3.39. The number of halogens is 2. The van der Waals surface area contributed by atoms with Crippen LogP contribution < -0.4 is 10.2 Å². The second-order valence-corrected chi connectivity index (χ2v) is 7.67. The quantitative estimate of drug-likeness (QED) is 0.394. The molecule has 1 unspecified atom stereocenters. The van der Waals surface area contributed by atoms with Crippen molar-refractivity contribution in [2.24, 2.45) is 0 Å². The molecule has 2 aromatic heterocycles.